The topological polar surface area (TPSA) is 26.3 Å². The van der Waals surface area contributed by atoms with E-state index in [4.69, 9.17) is 4.74 Å². The minimum absolute atomic E-state index is 0.353. The molecule has 0 bridgehead atoms. The Labute approximate surface area is 122 Å². The molecule has 2 atom stereocenters. The SMILES string of the molecule is CC(=O)OC1(c2ccc(C(F)(F)F)cc2)CC(C)C(C)C1. The zero-order chi connectivity index (χ0) is 15.8. The van der Waals surface area contributed by atoms with Gasteiger partial charge in [-0.25, -0.2) is 0 Å². The monoisotopic (exact) mass is 300 g/mol. The van der Waals surface area contributed by atoms with Crippen LogP contribution in [-0.2, 0) is 21.3 Å². The van der Waals surface area contributed by atoms with Gasteiger partial charge in [-0.15, -0.1) is 0 Å². The van der Waals surface area contributed by atoms with Crippen molar-refractivity contribution >= 4 is 5.97 Å². The van der Waals surface area contributed by atoms with Crippen LogP contribution in [0.2, 0.25) is 0 Å². The lowest BCUT2D eigenvalue weighted by molar-refractivity contribution is -0.158. The van der Waals surface area contributed by atoms with Gasteiger partial charge in [-0.2, -0.15) is 13.2 Å². The molecule has 2 nitrogen and oxygen atoms in total. The van der Waals surface area contributed by atoms with Crippen molar-refractivity contribution in [1.29, 1.82) is 0 Å². The molecule has 1 aliphatic rings. The lowest BCUT2D eigenvalue weighted by Crippen LogP contribution is -2.29. The van der Waals surface area contributed by atoms with E-state index in [1.807, 2.05) is 0 Å². The summed E-state index contributed by atoms with van der Waals surface area (Å²) in [6.45, 7) is 5.47. The van der Waals surface area contributed by atoms with Crippen molar-refractivity contribution in [3.05, 3.63) is 35.4 Å². The molecule has 0 radical (unpaired) electrons. The van der Waals surface area contributed by atoms with E-state index in [1.54, 1.807) is 0 Å². The fraction of sp³-hybridized carbons (Fsp3) is 0.562. The summed E-state index contributed by atoms with van der Waals surface area (Å²) in [4.78, 5) is 11.4. The molecule has 1 aromatic carbocycles. The summed E-state index contributed by atoms with van der Waals surface area (Å²) in [5.74, 6) is 0.300. The van der Waals surface area contributed by atoms with Gasteiger partial charge in [-0.05, 0) is 42.4 Å². The maximum Gasteiger partial charge on any atom is 0.416 e. The Morgan fingerprint density at radius 3 is 2.00 bits per heavy atom. The molecule has 116 valence electrons. The van der Waals surface area contributed by atoms with Gasteiger partial charge in [0.15, 0.2) is 0 Å². The first-order valence-electron chi connectivity index (χ1n) is 7.01. The molecule has 1 saturated carbocycles. The molecule has 5 heteroatoms. The average Bonchev–Trinajstić information content (AvgIpc) is 2.64. The Morgan fingerprint density at radius 2 is 1.62 bits per heavy atom. The molecule has 1 aliphatic carbocycles. The third kappa shape index (κ3) is 3.22. The first kappa shape index (κ1) is 15.9. The van der Waals surface area contributed by atoms with E-state index in [1.165, 1.54) is 19.1 Å². The zero-order valence-corrected chi connectivity index (χ0v) is 12.3. The van der Waals surface area contributed by atoms with Gasteiger partial charge in [0.1, 0.15) is 5.60 Å². The van der Waals surface area contributed by atoms with Crippen molar-refractivity contribution in [2.24, 2.45) is 11.8 Å². The molecule has 0 amide bonds. The number of ether oxygens (including phenoxy) is 1. The highest BCUT2D eigenvalue weighted by atomic mass is 19.4. The van der Waals surface area contributed by atoms with Crippen molar-refractivity contribution in [1.82, 2.24) is 0 Å². The average molecular weight is 300 g/mol. The van der Waals surface area contributed by atoms with Gasteiger partial charge in [0.2, 0.25) is 0 Å². The van der Waals surface area contributed by atoms with E-state index < -0.39 is 23.3 Å². The number of esters is 1. The normalized spacial score (nSPS) is 29.4. The molecule has 0 N–H and O–H groups in total. The second-order valence-corrected chi connectivity index (χ2v) is 6.03. The third-order valence-corrected chi connectivity index (χ3v) is 4.35. The highest BCUT2D eigenvalue weighted by Gasteiger charge is 2.46. The van der Waals surface area contributed by atoms with Crippen LogP contribution in [0, 0.1) is 11.8 Å². The van der Waals surface area contributed by atoms with Crippen LogP contribution >= 0.6 is 0 Å². The molecule has 0 heterocycles. The van der Waals surface area contributed by atoms with Crippen molar-refractivity contribution in [2.45, 2.75) is 45.4 Å². The molecule has 0 aliphatic heterocycles. The molecule has 1 fully saturated rings. The summed E-state index contributed by atoms with van der Waals surface area (Å²) in [6, 6.07) is 4.95. The van der Waals surface area contributed by atoms with E-state index in [-0.39, 0.29) is 0 Å². The van der Waals surface area contributed by atoms with Crippen LogP contribution in [0.15, 0.2) is 24.3 Å². The van der Waals surface area contributed by atoms with Crippen LogP contribution in [-0.4, -0.2) is 5.97 Å². The fourth-order valence-electron chi connectivity index (χ4n) is 3.14. The molecule has 0 spiro atoms. The molecular weight excluding hydrogens is 281 g/mol. The molecule has 1 aromatic rings. The first-order valence-corrected chi connectivity index (χ1v) is 7.01. The molecule has 0 aromatic heterocycles. The van der Waals surface area contributed by atoms with Gasteiger partial charge >= 0.3 is 12.1 Å². The highest BCUT2D eigenvalue weighted by Crippen LogP contribution is 2.48. The van der Waals surface area contributed by atoms with Crippen LogP contribution < -0.4 is 0 Å². The van der Waals surface area contributed by atoms with E-state index in [0.29, 0.717) is 30.2 Å². The number of carbonyl (C=O) groups is 1. The summed E-state index contributed by atoms with van der Waals surface area (Å²) in [6.07, 6.45) is -3.08. The Morgan fingerprint density at radius 1 is 1.14 bits per heavy atom. The first-order chi connectivity index (χ1) is 9.64. The maximum atomic E-state index is 12.6. The number of halogens is 3. The number of hydrogen-bond acceptors (Lipinski definition) is 2. The van der Waals surface area contributed by atoms with Crippen LogP contribution in [0.4, 0.5) is 13.2 Å². The summed E-state index contributed by atoms with van der Waals surface area (Å²) in [5.41, 5.74) is -0.848. The standard InChI is InChI=1S/C16H19F3O2/c1-10-8-15(9-11(10)2,21-12(3)20)13-4-6-14(7-5-13)16(17,18)19/h4-7,10-11H,8-9H2,1-3H3. The second kappa shape index (κ2) is 5.35. The number of alkyl halides is 3. The lowest BCUT2D eigenvalue weighted by Gasteiger charge is -2.30. The third-order valence-electron chi connectivity index (χ3n) is 4.35. The minimum atomic E-state index is -4.36. The van der Waals surface area contributed by atoms with Crippen LogP contribution in [0.5, 0.6) is 0 Å². The van der Waals surface area contributed by atoms with Crippen LogP contribution in [0.3, 0.4) is 0 Å². The number of carbonyl (C=O) groups excluding carboxylic acids is 1. The van der Waals surface area contributed by atoms with Crippen LogP contribution in [0.1, 0.15) is 44.7 Å². The van der Waals surface area contributed by atoms with Gasteiger partial charge in [0.25, 0.3) is 0 Å². The predicted octanol–water partition coefficient (Wildman–Crippen LogP) is 4.53. The fourth-order valence-corrected chi connectivity index (χ4v) is 3.14. The molecular formula is C16H19F3O2. The van der Waals surface area contributed by atoms with Crippen molar-refractivity contribution in [3.63, 3.8) is 0 Å². The number of benzene rings is 1. The largest absolute Gasteiger partial charge is 0.454 e. The number of rotatable bonds is 2. The molecule has 2 rings (SSSR count). The molecule has 2 unspecified atom stereocenters. The van der Waals surface area contributed by atoms with E-state index in [0.717, 1.165) is 12.1 Å². The van der Waals surface area contributed by atoms with Gasteiger partial charge in [0.05, 0.1) is 5.56 Å². The van der Waals surface area contributed by atoms with Gasteiger partial charge in [-0.1, -0.05) is 26.0 Å². The van der Waals surface area contributed by atoms with E-state index in [9.17, 15) is 18.0 Å². The summed E-state index contributed by atoms with van der Waals surface area (Å²) in [5, 5.41) is 0. The predicted molar refractivity (Wildman–Crippen MR) is 72.5 cm³/mol. The van der Waals surface area contributed by atoms with Gasteiger partial charge in [0, 0.05) is 6.92 Å². The second-order valence-electron chi connectivity index (χ2n) is 6.03. The smallest absolute Gasteiger partial charge is 0.416 e. The molecule has 0 saturated heterocycles. The Bertz CT molecular complexity index is 509. The van der Waals surface area contributed by atoms with Gasteiger partial charge < -0.3 is 4.74 Å². The summed E-state index contributed by atoms with van der Waals surface area (Å²) >= 11 is 0. The molecule has 21 heavy (non-hydrogen) atoms. The lowest BCUT2D eigenvalue weighted by atomic mass is 9.90. The van der Waals surface area contributed by atoms with Crippen molar-refractivity contribution < 1.29 is 22.7 Å². The van der Waals surface area contributed by atoms with Crippen LogP contribution in [0.25, 0.3) is 0 Å². The Balaban J connectivity index is 2.36. The maximum absolute atomic E-state index is 12.6. The Kier molecular flexibility index (Phi) is 4.04. The quantitative estimate of drug-likeness (QED) is 0.750. The van der Waals surface area contributed by atoms with Gasteiger partial charge in [-0.3, -0.25) is 4.79 Å². The van der Waals surface area contributed by atoms with E-state index in [2.05, 4.69) is 13.8 Å². The summed E-state index contributed by atoms with van der Waals surface area (Å²) < 4.78 is 43.5. The number of hydrogen-bond donors (Lipinski definition) is 0. The Hall–Kier alpha value is -1.52. The highest BCUT2D eigenvalue weighted by molar-refractivity contribution is 5.67. The van der Waals surface area contributed by atoms with Crippen molar-refractivity contribution in [2.75, 3.05) is 0 Å². The summed E-state index contributed by atoms with van der Waals surface area (Å²) in [7, 11) is 0. The van der Waals surface area contributed by atoms with Crippen molar-refractivity contribution in [3.8, 4) is 0 Å². The zero-order valence-electron chi connectivity index (χ0n) is 12.3. The minimum Gasteiger partial charge on any atom is -0.454 e. The van der Waals surface area contributed by atoms with E-state index >= 15 is 0 Å².